The highest BCUT2D eigenvalue weighted by atomic mass is 19.1. The second kappa shape index (κ2) is 6.46. The summed E-state index contributed by atoms with van der Waals surface area (Å²) in [6.45, 7) is 9.34. The molecule has 1 fully saturated rings. The van der Waals surface area contributed by atoms with Crippen LogP contribution in [0.1, 0.15) is 25.5 Å². The van der Waals surface area contributed by atoms with Crippen molar-refractivity contribution in [2.24, 2.45) is 5.73 Å². The van der Waals surface area contributed by atoms with E-state index in [1.165, 1.54) is 6.07 Å². The zero-order valence-electron chi connectivity index (χ0n) is 11.8. The Hall–Kier alpha value is -0.970. The van der Waals surface area contributed by atoms with Crippen molar-refractivity contribution < 1.29 is 4.39 Å². The Morgan fingerprint density at radius 3 is 2.74 bits per heavy atom. The van der Waals surface area contributed by atoms with E-state index in [-0.39, 0.29) is 11.9 Å². The van der Waals surface area contributed by atoms with Gasteiger partial charge in [-0.25, -0.2) is 4.39 Å². The zero-order valence-corrected chi connectivity index (χ0v) is 11.8. The fourth-order valence-corrected chi connectivity index (χ4v) is 2.86. The smallest absolute Gasteiger partial charge is 0.128 e. The van der Waals surface area contributed by atoms with Crippen LogP contribution in [-0.4, -0.2) is 48.6 Å². The third kappa shape index (κ3) is 3.53. The molecule has 1 saturated heterocycles. The average molecular weight is 265 g/mol. The molecule has 106 valence electrons. The number of hydrogen-bond acceptors (Lipinski definition) is 3. The van der Waals surface area contributed by atoms with Crippen LogP contribution in [0.15, 0.2) is 24.3 Å². The van der Waals surface area contributed by atoms with Crippen LogP contribution in [0, 0.1) is 5.82 Å². The quantitative estimate of drug-likeness (QED) is 0.902. The average Bonchev–Trinajstić information content (AvgIpc) is 2.39. The molecule has 2 atom stereocenters. The maximum Gasteiger partial charge on any atom is 0.128 e. The van der Waals surface area contributed by atoms with Crippen LogP contribution >= 0.6 is 0 Å². The first-order chi connectivity index (χ1) is 9.11. The minimum absolute atomic E-state index is 0.199. The maximum absolute atomic E-state index is 13.7. The van der Waals surface area contributed by atoms with Crippen molar-refractivity contribution in [1.82, 2.24) is 9.80 Å². The molecule has 1 aromatic rings. The Balaban J connectivity index is 1.93. The molecule has 0 bridgehead atoms. The van der Waals surface area contributed by atoms with Gasteiger partial charge >= 0.3 is 0 Å². The van der Waals surface area contributed by atoms with Crippen molar-refractivity contribution in [1.29, 1.82) is 0 Å². The highest BCUT2D eigenvalue weighted by molar-refractivity contribution is 5.21. The van der Waals surface area contributed by atoms with Gasteiger partial charge in [0.25, 0.3) is 0 Å². The first kappa shape index (κ1) is 14.4. The summed E-state index contributed by atoms with van der Waals surface area (Å²) >= 11 is 0. The number of piperazine rings is 1. The highest BCUT2D eigenvalue weighted by Gasteiger charge is 2.24. The Kier molecular flexibility index (Phi) is 4.91. The van der Waals surface area contributed by atoms with E-state index in [0.29, 0.717) is 11.6 Å². The summed E-state index contributed by atoms with van der Waals surface area (Å²) < 4.78 is 13.7. The van der Waals surface area contributed by atoms with Crippen molar-refractivity contribution in [2.45, 2.75) is 25.9 Å². The third-order valence-electron chi connectivity index (χ3n) is 4.01. The van der Waals surface area contributed by atoms with E-state index in [9.17, 15) is 4.39 Å². The molecular weight excluding hydrogens is 241 g/mol. The summed E-state index contributed by atoms with van der Waals surface area (Å²) in [6.07, 6.45) is 0. The molecule has 0 aromatic heterocycles. The van der Waals surface area contributed by atoms with Gasteiger partial charge in [-0.05, 0) is 19.5 Å². The molecule has 4 heteroatoms. The van der Waals surface area contributed by atoms with E-state index in [1.807, 2.05) is 6.07 Å². The molecule has 0 spiro atoms. The summed E-state index contributed by atoms with van der Waals surface area (Å²) in [6, 6.07) is 7.11. The van der Waals surface area contributed by atoms with Gasteiger partial charge in [-0.3, -0.25) is 9.80 Å². The van der Waals surface area contributed by atoms with Gasteiger partial charge in [0.05, 0.1) is 0 Å². The molecule has 1 aliphatic rings. The van der Waals surface area contributed by atoms with Crippen molar-refractivity contribution in [3.05, 3.63) is 35.6 Å². The lowest BCUT2D eigenvalue weighted by Gasteiger charge is -2.40. The van der Waals surface area contributed by atoms with Gasteiger partial charge in [-0.15, -0.1) is 0 Å². The molecule has 2 unspecified atom stereocenters. The van der Waals surface area contributed by atoms with Crippen molar-refractivity contribution in [3.8, 4) is 0 Å². The first-order valence-electron chi connectivity index (χ1n) is 7.08. The molecule has 1 aromatic carbocycles. The van der Waals surface area contributed by atoms with E-state index in [2.05, 4.69) is 23.6 Å². The molecule has 0 saturated carbocycles. The number of benzene rings is 1. The lowest BCUT2D eigenvalue weighted by molar-refractivity contribution is 0.0839. The van der Waals surface area contributed by atoms with Gasteiger partial charge in [0.1, 0.15) is 5.82 Å². The molecule has 0 amide bonds. The second-order valence-electron chi connectivity index (χ2n) is 5.37. The fraction of sp³-hybridized carbons (Fsp3) is 0.600. The molecule has 3 nitrogen and oxygen atoms in total. The van der Waals surface area contributed by atoms with Gasteiger partial charge < -0.3 is 5.73 Å². The van der Waals surface area contributed by atoms with Crippen LogP contribution in [0.4, 0.5) is 4.39 Å². The first-order valence-corrected chi connectivity index (χ1v) is 7.08. The van der Waals surface area contributed by atoms with Gasteiger partial charge in [0, 0.05) is 43.8 Å². The summed E-state index contributed by atoms with van der Waals surface area (Å²) in [5.74, 6) is -0.199. The number of halogens is 1. The maximum atomic E-state index is 13.7. The van der Waals surface area contributed by atoms with Gasteiger partial charge in [0.2, 0.25) is 0 Å². The SMILES string of the molecule is CCN1CCN(CC(N)c2ccccc2F)CC1C. The number of likely N-dealkylation sites (N-methyl/N-ethyl adjacent to an activating group) is 1. The van der Waals surface area contributed by atoms with Crippen molar-refractivity contribution in [3.63, 3.8) is 0 Å². The van der Waals surface area contributed by atoms with E-state index in [4.69, 9.17) is 5.73 Å². The van der Waals surface area contributed by atoms with E-state index >= 15 is 0 Å². The lowest BCUT2D eigenvalue weighted by Crippen LogP contribution is -2.52. The largest absolute Gasteiger partial charge is 0.323 e. The summed E-state index contributed by atoms with van der Waals surface area (Å²) in [7, 11) is 0. The van der Waals surface area contributed by atoms with Crippen LogP contribution < -0.4 is 5.73 Å². The van der Waals surface area contributed by atoms with Gasteiger partial charge in [0.15, 0.2) is 0 Å². The van der Waals surface area contributed by atoms with Crippen LogP contribution in [0.25, 0.3) is 0 Å². The van der Waals surface area contributed by atoms with E-state index in [1.54, 1.807) is 12.1 Å². The number of nitrogens with zero attached hydrogens (tertiary/aromatic N) is 2. The Morgan fingerprint density at radius 1 is 1.37 bits per heavy atom. The molecule has 0 aliphatic carbocycles. The van der Waals surface area contributed by atoms with Crippen molar-refractivity contribution >= 4 is 0 Å². The van der Waals surface area contributed by atoms with Crippen LogP contribution in [0.5, 0.6) is 0 Å². The molecule has 2 N–H and O–H groups in total. The van der Waals surface area contributed by atoms with Gasteiger partial charge in [-0.2, -0.15) is 0 Å². The summed E-state index contributed by atoms with van der Waals surface area (Å²) in [4.78, 5) is 4.80. The monoisotopic (exact) mass is 265 g/mol. The minimum Gasteiger partial charge on any atom is -0.323 e. The fourth-order valence-electron chi connectivity index (χ4n) is 2.86. The zero-order chi connectivity index (χ0) is 13.8. The number of hydrogen-bond donors (Lipinski definition) is 1. The standard InChI is InChI=1S/C15H24FN3/c1-3-19-9-8-18(10-12(19)2)11-15(17)13-6-4-5-7-14(13)16/h4-7,12,15H,3,8-11,17H2,1-2H3. The predicted octanol–water partition coefficient (Wildman–Crippen LogP) is 1.85. The lowest BCUT2D eigenvalue weighted by atomic mass is 10.1. The van der Waals surface area contributed by atoms with E-state index < -0.39 is 0 Å². The number of nitrogens with two attached hydrogens (primary N) is 1. The Labute approximate surface area is 115 Å². The Bertz CT molecular complexity index is 410. The molecule has 0 radical (unpaired) electrons. The second-order valence-corrected chi connectivity index (χ2v) is 5.37. The Morgan fingerprint density at radius 2 is 2.11 bits per heavy atom. The third-order valence-corrected chi connectivity index (χ3v) is 4.01. The molecule has 1 aliphatic heterocycles. The summed E-state index contributed by atoms with van der Waals surface area (Å²) in [5, 5.41) is 0. The normalized spacial score (nSPS) is 23.5. The topological polar surface area (TPSA) is 32.5 Å². The molecule has 1 heterocycles. The minimum atomic E-state index is -0.249. The van der Waals surface area contributed by atoms with Crippen LogP contribution in [-0.2, 0) is 0 Å². The van der Waals surface area contributed by atoms with E-state index in [0.717, 1.165) is 32.7 Å². The van der Waals surface area contributed by atoms with Gasteiger partial charge in [-0.1, -0.05) is 25.1 Å². The predicted molar refractivity (Wildman–Crippen MR) is 76.5 cm³/mol. The molecule has 19 heavy (non-hydrogen) atoms. The van der Waals surface area contributed by atoms with Crippen LogP contribution in [0.2, 0.25) is 0 Å². The highest BCUT2D eigenvalue weighted by Crippen LogP contribution is 2.17. The molecular formula is C15H24FN3. The van der Waals surface area contributed by atoms with Crippen molar-refractivity contribution in [2.75, 3.05) is 32.7 Å². The molecule has 2 rings (SSSR count). The van der Waals surface area contributed by atoms with Crippen LogP contribution in [0.3, 0.4) is 0 Å². The summed E-state index contributed by atoms with van der Waals surface area (Å²) in [5.41, 5.74) is 6.76. The number of rotatable bonds is 4.